The molecule has 0 fully saturated rings. The van der Waals surface area contributed by atoms with Crippen LogP contribution in [0.1, 0.15) is 29.7 Å². The molecule has 0 saturated heterocycles. The standard InChI is InChI=1S/C15H17ClN2/c1-10-4-5-11(2)14(8-10)12(3)18-13-6-7-17-15(16)9-13/h4-9,12H,1-3H3,(H,17,18). The molecule has 1 N–H and O–H groups in total. The molecule has 0 aliphatic carbocycles. The van der Waals surface area contributed by atoms with Crippen molar-refractivity contribution in [1.82, 2.24) is 4.98 Å². The number of hydrogen-bond acceptors (Lipinski definition) is 2. The van der Waals surface area contributed by atoms with E-state index >= 15 is 0 Å². The molecule has 94 valence electrons. The van der Waals surface area contributed by atoms with Gasteiger partial charge in [-0.1, -0.05) is 35.4 Å². The Kier molecular flexibility index (Phi) is 3.87. The number of nitrogens with zero attached hydrogens (tertiary/aromatic N) is 1. The lowest BCUT2D eigenvalue weighted by atomic mass is 10.00. The van der Waals surface area contributed by atoms with Crippen LogP contribution in [-0.2, 0) is 0 Å². The molecule has 18 heavy (non-hydrogen) atoms. The van der Waals surface area contributed by atoms with Gasteiger partial charge in [0.1, 0.15) is 5.15 Å². The molecular formula is C15H17ClN2. The minimum atomic E-state index is 0.239. The largest absolute Gasteiger partial charge is 0.378 e. The molecule has 2 aromatic rings. The quantitative estimate of drug-likeness (QED) is 0.821. The summed E-state index contributed by atoms with van der Waals surface area (Å²) < 4.78 is 0. The van der Waals surface area contributed by atoms with Crippen LogP contribution >= 0.6 is 11.6 Å². The molecule has 1 atom stereocenters. The minimum absolute atomic E-state index is 0.239. The van der Waals surface area contributed by atoms with Gasteiger partial charge in [0.2, 0.25) is 0 Å². The van der Waals surface area contributed by atoms with Crippen molar-refractivity contribution in [2.45, 2.75) is 26.8 Å². The van der Waals surface area contributed by atoms with Gasteiger partial charge in [-0.05, 0) is 44.0 Å². The summed E-state index contributed by atoms with van der Waals surface area (Å²) >= 11 is 5.88. The van der Waals surface area contributed by atoms with Crippen molar-refractivity contribution in [2.75, 3.05) is 5.32 Å². The summed E-state index contributed by atoms with van der Waals surface area (Å²) in [7, 11) is 0. The second-order valence-electron chi connectivity index (χ2n) is 4.59. The molecule has 0 spiro atoms. The van der Waals surface area contributed by atoms with E-state index in [4.69, 9.17) is 11.6 Å². The molecule has 0 saturated carbocycles. The summed E-state index contributed by atoms with van der Waals surface area (Å²) in [5, 5.41) is 3.95. The highest BCUT2D eigenvalue weighted by molar-refractivity contribution is 6.29. The van der Waals surface area contributed by atoms with Gasteiger partial charge in [0.15, 0.2) is 0 Å². The van der Waals surface area contributed by atoms with E-state index in [0.717, 1.165) is 5.69 Å². The monoisotopic (exact) mass is 260 g/mol. The topological polar surface area (TPSA) is 24.9 Å². The molecule has 0 bridgehead atoms. The van der Waals surface area contributed by atoms with Gasteiger partial charge in [0.05, 0.1) is 0 Å². The van der Waals surface area contributed by atoms with E-state index in [2.05, 4.69) is 49.3 Å². The second-order valence-corrected chi connectivity index (χ2v) is 4.98. The number of hydrogen-bond donors (Lipinski definition) is 1. The Morgan fingerprint density at radius 2 is 1.94 bits per heavy atom. The van der Waals surface area contributed by atoms with Crippen LogP contribution in [0.15, 0.2) is 36.5 Å². The smallest absolute Gasteiger partial charge is 0.131 e. The molecule has 1 heterocycles. The minimum Gasteiger partial charge on any atom is -0.378 e. The van der Waals surface area contributed by atoms with Crippen molar-refractivity contribution in [3.05, 3.63) is 58.4 Å². The maximum Gasteiger partial charge on any atom is 0.131 e. The third-order valence-corrected chi connectivity index (χ3v) is 3.22. The molecule has 0 radical (unpaired) electrons. The van der Waals surface area contributed by atoms with Crippen LogP contribution in [0.5, 0.6) is 0 Å². The van der Waals surface area contributed by atoms with E-state index in [1.807, 2.05) is 12.1 Å². The Morgan fingerprint density at radius 3 is 2.67 bits per heavy atom. The number of benzene rings is 1. The van der Waals surface area contributed by atoms with Crippen LogP contribution in [0.3, 0.4) is 0 Å². The first-order chi connectivity index (χ1) is 8.56. The summed E-state index contributed by atoms with van der Waals surface area (Å²) in [6, 6.07) is 10.5. The number of pyridine rings is 1. The fraction of sp³-hybridized carbons (Fsp3) is 0.267. The third kappa shape index (κ3) is 3.02. The normalized spacial score (nSPS) is 12.2. The predicted octanol–water partition coefficient (Wildman–Crippen LogP) is 4.52. The highest BCUT2D eigenvalue weighted by Gasteiger charge is 2.08. The van der Waals surface area contributed by atoms with E-state index in [-0.39, 0.29) is 6.04 Å². The molecule has 0 amide bonds. The average Bonchev–Trinajstić information content (AvgIpc) is 2.32. The van der Waals surface area contributed by atoms with E-state index in [0.29, 0.717) is 5.15 Å². The first kappa shape index (κ1) is 12.9. The number of halogens is 1. The molecule has 2 rings (SSSR count). The lowest BCUT2D eigenvalue weighted by molar-refractivity contribution is 0.871. The SMILES string of the molecule is Cc1ccc(C)c(C(C)Nc2ccnc(Cl)c2)c1. The van der Waals surface area contributed by atoms with Crippen LogP contribution in [0.25, 0.3) is 0 Å². The predicted molar refractivity (Wildman–Crippen MR) is 77.2 cm³/mol. The van der Waals surface area contributed by atoms with Gasteiger partial charge in [-0.25, -0.2) is 4.98 Å². The summed E-state index contributed by atoms with van der Waals surface area (Å²) in [5.74, 6) is 0. The molecule has 1 aromatic heterocycles. The van der Waals surface area contributed by atoms with E-state index in [1.54, 1.807) is 6.20 Å². The fourth-order valence-electron chi connectivity index (χ4n) is 2.05. The van der Waals surface area contributed by atoms with Crippen molar-refractivity contribution in [3.63, 3.8) is 0 Å². The van der Waals surface area contributed by atoms with Crippen molar-refractivity contribution in [1.29, 1.82) is 0 Å². The lowest BCUT2D eigenvalue weighted by Gasteiger charge is -2.18. The van der Waals surface area contributed by atoms with E-state index in [1.165, 1.54) is 16.7 Å². The summed E-state index contributed by atoms with van der Waals surface area (Å²) in [4.78, 5) is 3.98. The molecule has 1 unspecified atom stereocenters. The van der Waals surface area contributed by atoms with Crippen LogP contribution in [0, 0.1) is 13.8 Å². The number of aromatic nitrogens is 1. The summed E-state index contributed by atoms with van der Waals surface area (Å²) in [6.45, 7) is 6.39. The number of anilines is 1. The van der Waals surface area contributed by atoms with E-state index < -0.39 is 0 Å². The Balaban J connectivity index is 2.21. The summed E-state index contributed by atoms with van der Waals surface area (Å²) in [6.07, 6.45) is 1.71. The van der Waals surface area contributed by atoms with Gasteiger partial charge < -0.3 is 5.32 Å². The number of nitrogens with one attached hydrogen (secondary N) is 1. The van der Waals surface area contributed by atoms with Gasteiger partial charge in [0.25, 0.3) is 0 Å². The molecular weight excluding hydrogens is 244 g/mol. The fourth-order valence-corrected chi connectivity index (χ4v) is 2.22. The molecule has 3 heteroatoms. The maximum atomic E-state index is 5.88. The lowest BCUT2D eigenvalue weighted by Crippen LogP contribution is -2.08. The third-order valence-electron chi connectivity index (χ3n) is 3.01. The number of aryl methyl sites for hydroxylation is 2. The van der Waals surface area contributed by atoms with Crippen molar-refractivity contribution >= 4 is 17.3 Å². The zero-order valence-corrected chi connectivity index (χ0v) is 11.6. The van der Waals surface area contributed by atoms with Gasteiger partial charge in [-0.15, -0.1) is 0 Å². The molecule has 0 aliphatic rings. The van der Waals surface area contributed by atoms with Crippen LogP contribution in [-0.4, -0.2) is 4.98 Å². The van der Waals surface area contributed by atoms with Crippen LogP contribution in [0.2, 0.25) is 5.15 Å². The molecule has 1 aromatic carbocycles. The van der Waals surface area contributed by atoms with Gasteiger partial charge >= 0.3 is 0 Å². The Labute approximate surface area is 113 Å². The Hall–Kier alpha value is -1.54. The van der Waals surface area contributed by atoms with Crippen LogP contribution in [0.4, 0.5) is 5.69 Å². The zero-order chi connectivity index (χ0) is 13.1. The van der Waals surface area contributed by atoms with Crippen molar-refractivity contribution in [3.8, 4) is 0 Å². The van der Waals surface area contributed by atoms with Gasteiger partial charge in [-0.3, -0.25) is 0 Å². The highest BCUT2D eigenvalue weighted by Crippen LogP contribution is 2.23. The zero-order valence-electron chi connectivity index (χ0n) is 10.9. The first-order valence-corrected chi connectivity index (χ1v) is 6.39. The second kappa shape index (κ2) is 5.40. The molecule has 2 nitrogen and oxygen atoms in total. The van der Waals surface area contributed by atoms with Gasteiger partial charge in [0, 0.05) is 17.9 Å². The highest BCUT2D eigenvalue weighted by atomic mass is 35.5. The van der Waals surface area contributed by atoms with Gasteiger partial charge in [-0.2, -0.15) is 0 Å². The average molecular weight is 261 g/mol. The first-order valence-electron chi connectivity index (χ1n) is 6.01. The number of rotatable bonds is 3. The van der Waals surface area contributed by atoms with Crippen molar-refractivity contribution < 1.29 is 0 Å². The Morgan fingerprint density at radius 1 is 1.17 bits per heavy atom. The molecule has 0 aliphatic heterocycles. The maximum absolute atomic E-state index is 5.88. The van der Waals surface area contributed by atoms with E-state index in [9.17, 15) is 0 Å². The van der Waals surface area contributed by atoms with Crippen molar-refractivity contribution in [2.24, 2.45) is 0 Å². The Bertz CT molecular complexity index is 552. The summed E-state index contributed by atoms with van der Waals surface area (Å²) in [5.41, 5.74) is 4.86. The van der Waals surface area contributed by atoms with Crippen LogP contribution < -0.4 is 5.32 Å².